The molecule has 0 unspecified atom stereocenters. The summed E-state index contributed by atoms with van der Waals surface area (Å²) in [7, 11) is -4.54. The summed E-state index contributed by atoms with van der Waals surface area (Å²) in [6.07, 6.45) is 1.15. The Labute approximate surface area is 132 Å². The average molecular weight is 347 g/mol. The van der Waals surface area contributed by atoms with Crippen LogP contribution in [-0.2, 0) is 19.7 Å². The van der Waals surface area contributed by atoms with Crippen molar-refractivity contribution in [1.82, 2.24) is 0 Å². The fraction of sp³-hybridized carbons (Fsp3) is 0.429. The zero-order valence-electron chi connectivity index (χ0n) is 13.1. The van der Waals surface area contributed by atoms with Crippen molar-refractivity contribution < 1.29 is 21.6 Å². The van der Waals surface area contributed by atoms with Crippen molar-refractivity contribution >= 4 is 25.4 Å². The van der Waals surface area contributed by atoms with Crippen LogP contribution in [0.1, 0.15) is 13.8 Å². The highest BCUT2D eigenvalue weighted by Gasteiger charge is 2.28. The van der Waals surface area contributed by atoms with Gasteiger partial charge in [-0.3, -0.25) is 0 Å². The Morgan fingerprint density at radius 3 is 1.86 bits per heavy atom. The van der Waals surface area contributed by atoms with E-state index in [0.717, 1.165) is 6.20 Å². The highest BCUT2D eigenvalue weighted by Crippen LogP contribution is 2.22. The maximum absolute atomic E-state index is 12.1. The second-order valence-electron chi connectivity index (χ2n) is 4.56. The van der Waals surface area contributed by atoms with Gasteiger partial charge in [-0.1, -0.05) is 13.8 Å². The molecule has 124 valence electrons. The lowest BCUT2D eigenvalue weighted by Crippen LogP contribution is -2.21. The van der Waals surface area contributed by atoms with E-state index in [9.17, 15) is 16.8 Å². The summed E-state index contributed by atoms with van der Waals surface area (Å²) in [5.41, 5.74) is 0.649. The molecule has 1 aromatic rings. The number of hydrogen-bond acceptors (Lipinski definition) is 6. The minimum atomic E-state index is -3.84. The van der Waals surface area contributed by atoms with Crippen molar-refractivity contribution in [3.8, 4) is 5.75 Å². The molecular formula is C14H21NO5S2. The Bertz CT molecular complexity index is 698. The lowest BCUT2D eigenvalue weighted by molar-refractivity contribution is 0.415. The fourth-order valence-electron chi connectivity index (χ4n) is 1.69. The van der Waals surface area contributed by atoms with Crippen LogP contribution in [0.3, 0.4) is 0 Å². The van der Waals surface area contributed by atoms with Gasteiger partial charge in [-0.25, -0.2) is 16.8 Å². The zero-order valence-corrected chi connectivity index (χ0v) is 14.7. The van der Waals surface area contributed by atoms with E-state index in [1.165, 1.54) is 18.7 Å². The summed E-state index contributed by atoms with van der Waals surface area (Å²) in [5, 5.41) is 0. The van der Waals surface area contributed by atoms with Crippen molar-refractivity contribution in [2.75, 3.05) is 30.6 Å². The minimum Gasteiger partial charge on any atom is -0.497 e. The topological polar surface area (TPSA) is 80.8 Å². The van der Waals surface area contributed by atoms with Crippen molar-refractivity contribution in [3.63, 3.8) is 0 Å². The number of anilines is 1. The SMILES string of the molecule is CCS(=O)(=O)C(=CN(C)c1ccc(OC)cc1)S(=O)(=O)CC. The molecule has 0 saturated carbocycles. The third-order valence-electron chi connectivity index (χ3n) is 3.15. The molecule has 0 aliphatic rings. The number of methoxy groups -OCH3 is 1. The van der Waals surface area contributed by atoms with E-state index in [1.54, 1.807) is 38.4 Å². The molecule has 0 aliphatic heterocycles. The van der Waals surface area contributed by atoms with Crippen molar-refractivity contribution in [2.45, 2.75) is 13.8 Å². The largest absolute Gasteiger partial charge is 0.497 e. The number of sulfone groups is 2. The third kappa shape index (κ3) is 4.23. The third-order valence-corrected chi connectivity index (χ3v) is 7.63. The van der Waals surface area contributed by atoms with Crippen LogP contribution in [0.5, 0.6) is 5.75 Å². The number of ether oxygens (including phenoxy) is 1. The Hall–Kier alpha value is -1.54. The Balaban J connectivity index is 3.32. The molecule has 0 N–H and O–H groups in total. The quantitative estimate of drug-likeness (QED) is 0.748. The summed E-state index contributed by atoms with van der Waals surface area (Å²) in [4.78, 5) is 1.47. The van der Waals surface area contributed by atoms with Crippen molar-refractivity contribution in [3.05, 3.63) is 34.7 Å². The van der Waals surface area contributed by atoms with Gasteiger partial charge in [-0.15, -0.1) is 0 Å². The van der Waals surface area contributed by atoms with E-state index < -0.39 is 23.9 Å². The molecule has 0 saturated heterocycles. The Morgan fingerprint density at radius 1 is 1.05 bits per heavy atom. The summed E-state index contributed by atoms with van der Waals surface area (Å²) in [6.45, 7) is 2.84. The van der Waals surface area contributed by atoms with E-state index in [0.29, 0.717) is 11.4 Å². The van der Waals surface area contributed by atoms with Crippen LogP contribution in [0.25, 0.3) is 0 Å². The molecule has 0 fully saturated rings. The van der Waals surface area contributed by atoms with Gasteiger partial charge in [0, 0.05) is 18.9 Å². The maximum atomic E-state index is 12.1. The molecule has 0 aliphatic carbocycles. The first-order chi connectivity index (χ1) is 10.2. The predicted molar refractivity (Wildman–Crippen MR) is 88.4 cm³/mol. The summed E-state index contributed by atoms with van der Waals surface area (Å²) in [6, 6.07) is 6.85. The molecule has 0 heterocycles. The molecule has 22 heavy (non-hydrogen) atoms. The Morgan fingerprint density at radius 2 is 1.50 bits per heavy atom. The smallest absolute Gasteiger partial charge is 0.190 e. The number of rotatable bonds is 7. The molecule has 0 atom stereocenters. The van der Waals surface area contributed by atoms with Gasteiger partial charge < -0.3 is 9.64 Å². The molecule has 0 amide bonds. The minimum absolute atomic E-state index is 0.269. The lowest BCUT2D eigenvalue weighted by Gasteiger charge is -2.17. The normalized spacial score (nSPS) is 11.8. The molecule has 1 rings (SSSR count). The highest BCUT2D eigenvalue weighted by atomic mass is 32.3. The van der Waals surface area contributed by atoms with E-state index in [4.69, 9.17) is 4.74 Å². The fourth-order valence-corrected chi connectivity index (χ4v) is 5.15. The maximum Gasteiger partial charge on any atom is 0.190 e. The van der Waals surface area contributed by atoms with Crippen LogP contribution in [0.4, 0.5) is 5.69 Å². The average Bonchev–Trinajstić information content (AvgIpc) is 2.52. The summed E-state index contributed by atoms with van der Waals surface area (Å²) >= 11 is 0. The number of nitrogens with zero attached hydrogens (tertiary/aromatic N) is 1. The van der Waals surface area contributed by atoms with Gasteiger partial charge in [0.1, 0.15) is 5.75 Å². The highest BCUT2D eigenvalue weighted by molar-refractivity contribution is 8.14. The van der Waals surface area contributed by atoms with Crippen LogP contribution in [0.2, 0.25) is 0 Å². The number of benzene rings is 1. The van der Waals surface area contributed by atoms with Crippen molar-refractivity contribution in [2.24, 2.45) is 0 Å². The van der Waals surface area contributed by atoms with E-state index >= 15 is 0 Å². The van der Waals surface area contributed by atoms with Gasteiger partial charge in [-0.2, -0.15) is 0 Å². The van der Waals surface area contributed by atoms with E-state index in [2.05, 4.69) is 0 Å². The zero-order chi connectivity index (χ0) is 17.0. The van der Waals surface area contributed by atoms with E-state index in [1.807, 2.05) is 0 Å². The predicted octanol–water partition coefficient (Wildman–Crippen LogP) is 1.80. The van der Waals surface area contributed by atoms with E-state index in [-0.39, 0.29) is 11.5 Å². The molecule has 0 spiro atoms. The molecule has 6 nitrogen and oxygen atoms in total. The summed E-state index contributed by atoms with van der Waals surface area (Å²) < 4.78 is 52.8. The summed E-state index contributed by atoms with van der Waals surface area (Å²) in [5.74, 6) is 0.118. The molecule has 0 radical (unpaired) electrons. The first-order valence-electron chi connectivity index (χ1n) is 6.72. The monoisotopic (exact) mass is 347 g/mol. The van der Waals surface area contributed by atoms with Gasteiger partial charge in [0.2, 0.25) is 0 Å². The van der Waals surface area contributed by atoms with Gasteiger partial charge in [0.25, 0.3) is 0 Å². The lowest BCUT2D eigenvalue weighted by atomic mass is 10.3. The number of hydrogen-bond donors (Lipinski definition) is 0. The van der Waals surface area contributed by atoms with Gasteiger partial charge in [0.15, 0.2) is 23.9 Å². The van der Waals surface area contributed by atoms with Gasteiger partial charge >= 0.3 is 0 Å². The standard InChI is InChI=1S/C14H21NO5S2/c1-5-21(16,17)14(22(18,19)6-2)11-15(3)12-7-9-13(20-4)10-8-12/h7-11H,5-6H2,1-4H3. The van der Waals surface area contributed by atoms with Gasteiger partial charge in [-0.05, 0) is 24.3 Å². The van der Waals surface area contributed by atoms with Crippen LogP contribution >= 0.6 is 0 Å². The second kappa shape index (κ2) is 7.15. The first-order valence-corrected chi connectivity index (χ1v) is 10.0. The van der Waals surface area contributed by atoms with Crippen molar-refractivity contribution in [1.29, 1.82) is 0 Å². The molecule has 1 aromatic carbocycles. The molecule has 0 bridgehead atoms. The Kier molecular flexibility index (Phi) is 6.01. The van der Waals surface area contributed by atoms with Crippen LogP contribution in [0.15, 0.2) is 34.7 Å². The second-order valence-corrected chi connectivity index (χ2v) is 9.32. The first kappa shape index (κ1) is 18.5. The van der Waals surface area contributed by atoms with Crippen LogP contribution < -0.4 is 9.64 Å². The molecular weight excluding hydrogens is 326 g/mol. The van der Waals surface area contributed by atoms with Crippen LogP contribution in [0, 0.1) is 0 Å². The van der Waals surface area contributed by atoms with Crippen LogP contribution in [-0.4, -0.2) is 42.5 Å². The van der Waals surface area contributed by atoms with Gasteiger partial charge in [0.05, 0.1) is 18.6 Å². The molecule has 8 heteroatoms. The molecule has 0 aromatic heterocycles.